The molecule has 0 aromatic heterocycles. The predicted molar refractivity (Wildman–Crippen MR) is 53.9 cm³/mol. The Balaban J connectivity index is 0. The quantitative estimate of drug-likeness (QED) is 0.296. The van der Waals surface area contributed by atoms with Gasteiger partial charge in [0.2, 0.25) is 0 Å². The van der Waals surface area contributed by atoms with E-state index in [2.05, 4.69) is 13.5 Å². The van der Waals surface area contributed by atoms with Crippen molar-refractivity contribution in [1.82, 2.24) is 0 Å². The van der Waals surface area contributed by atoms with Crippen molar-refractivity contribution in [3.8, 4) is 0 Å². The molecule has 0 heterocycles. The van der Waals surface area contributed by atoms with Gasteiger partial charge in [0.1, 0.15) is 0 Å². The van der Waals surface area contributed by atoms with Crippen LogP contribution in [0.25, 0.3) is 0 Å². The van der Waals surface area contributed by atoms with E-state index in [0.717, 1.165) is 0 Å². The summed E-state index contributed by atoms with van der Waals surface area (Å²) < 4.78 is 0. The van der Waals surface area contributed by atoms with Crippen molar-refractivity contribution in [2.24, 2.45) is 0 Å². The molecule has 0 aliphatic heterocycles. The van der Waals surface area contributed by atoms with E-state index in [-0.39, 0.29) is 8.41 Å². The summed E-state index contributed by atoms with van der Waals surface area (Å²) in [6.45, 7) is 5.95. The minimum absolute atomic E-state index is 0. The van der Waals surface area contributed by atoms with E-state index in [4.69, 9.17) is 0 Å². The highest BCUT2D eigenvalue weighted by molar-refractivity contribution is 5.75. The molecule has 11 heavy (non-hydrogen) atoms. The minimum Gasteiger partial charge on any atom is -0.103 e. The molecule has 0 aliphatic rings. The Bertz CT molecular complexity index is 69.3. The molecular formula is C10H20B. The maximum atomic E-state index is 3.69. The van der Waals surface area contributed by atoms with Gasteiger partial charge in [-0.3, -0.25) is 0 Å². The molecule has 0 bridgehead atoms. The summed E-state index contributed by atoms with van der Waals surface area (Å²) in [5, 5.41) is 0. The summed E-state index contributed by atoms with van der Waals surface area (Å²) >= 11 is 0. The minimum atomic E-state index is 0. The zero-order valence-corrected chi connectivity index (χ0v) is 7.81. The first kappa shape index (κ1) is 13.4. The molecule has 0 unspecified atom stereocenters. The van der Waals surface area contributed by atoms with Crippen LogP contribution in [0.5, 0.6) is 0 Å². The van der Waals surface area contributed by atoms with Gasteiger partial charge in [0.25, 0.3) is 0 Å². The van der Waals surface area contributed by atoms with Crippen LogP contribution >= 0.6 is 0 Å². The van der Waals surface area contributed by atoms with Crippen LogP contribution in [0.15, 0.2) is 12.7 Å². The lowest BCUT2D eigenvalue weighted by molar-refractivity contribution is 0.611. The highest BCUT2D eigenvalue weighted by atomic mass is 13.9. The van der Waals surface area contributed by atoms with E-state index in [9.17, 15) is 0 Å². The molecule has 0 aromatic carbocycles. The molecule has 0 atom stereocenters. The van der Waals surface area contributed by atoms with Crippen molar-refractivity contribution >= 4 is 8.41 Å². The van der Waals surface area contributed by atoms with Crippen molar-refractivity contribution in [3.05, 3.63) is 12.7 Å². The first-order valence-corrected chi connectivity index (χ1v) is 4.52. The molecule has 3 radical (unpaired) electrons. The van der Waals surface area contributed by atoms with Gasteiger partial charge in [-0.1, -0.05) is 45.1 Å². The Labute approximate surface area is 73.7 Å². The highest BCUT2D eigenvalue weighted by Crippen LogP contribution is 2.06. The third-order valence-electron chi connectivity index (χ3n) is 1.76. The van der Waals surface area contributed by atoms with E-state index >= 15 is 0 Å². The molecule has 0 saturated heterocycles. The maximum absolute atomic E-state index is 3.69. The topological polar surface area (TPSA) is 0 Å². The van der Waals surface area contributed by atoms with Crippen LogP contribution in [0.2, 0.25) is 0 Å². The first-order chi connectivity index (χ1) is 4.91. The van der Waals surface area contributed by atoms with Crippen molar-refractivity contribution in [3.63, 3.8) is 0 Å². The maximum Gasteiger partial charge on any atom is 0 e. The molecule has 0 saturated carbocycles. The SMILES string of the molecule is C=CCCCCCCCC.[B]. The molecule has 0 amide bonds. The number of unbranched alkanes of at least 4 members (excludes halogenated alkanes) is 6. The second-order valence-electron chi connectivity index (χ2n) is 2.85. The van der Waals surface area contributed by atoms with Gasteiger partial charge < -0.3 is 0 Å². The number of hydrogen-bond acceptors (Lipinski definition) is 0. The summed E-state index contributed by atoms with van der Waals surface area (Å²) in [5.74, 6) is 0. The summed E-state index contributed by atoms with van der Waals surface area (Å²) in [4.78, 5) is 0. The number of allylic oxidation sites excluding steroid dienone is 1. The lowest BCUT2D eigenvalue weighted by Crippen LogP contribution is -1.76. The van der Waals surface area contributed by atoms with E-state index in [1.54, 1.807) is 0 Å². The third kappa shape index (κ3) is 12.9. The van der Waals surface area contributed by atoms with Crippen LogP contribution in [0.4, 0.5) is 0 Å². The second-order valence-corrected chi connectivity index (χ2v) is 2.85. The summed E-state index contributed by atoms with van der Waals surface area (Å²) in [7, 11) is 0. The third-order valence-corrected chi connectivity index (χ3v) is 1.76. The van der Waals surface area contributed by atoms with Crippen LogP contribution in [-0.2, 0) is 0 Å². The summed E-state index contributed by atoms with van der Waals surface area (Å²) in [5.41, 5.74) is 0. The van der Waals surface area contributed by atoms with Gasteiger partial charge in [-0.05, 0) is 12.8 Å². The Morgan fingerprint density at radius 3 is 2.09 bits per heavy atom. The second kappa shape index (κ2) is 12.5. The van der Waals surface area contributed by atoms with Crippen molar-refractivity contribution in [1.29, 1.82) is 0 Å². The molecule has 0 spiro atoms. The predicted octanol–water partition coefficient (Wildman–Crippen LogP) is 3.54. The summed E-state index contributed by atoms with van der Waals surface area (Å²) in [6.07, 6.45) is 11.6. The Hall–Kier alpha value is -0.195. The van der Waals surface area contributed by atoms with E-state index in [1.165, 1.54) is 44.9 Å². The summed E-state index contributed by atoms with van der Waals surface area (Å²) in [6, 6.07) is 0. The van der Waals surface area contributed by atoms with Crippen LogP contribution in [0.1, 0.15) is 51.9 Å². The molecule has 0 rings (SSSR count). The van der Waals surface area contributed by atoms with Gasteiger partial charge in [-0.15, -0.1) is 6.58 Å². The fourth-order valence-electron chi connectivity index (χ4n) is 1.07. The van der Waals surface area contributed by atoms with Gasteiger partial charge >= 0.3 is 0 Å². The lowest BCUT2D eigenvalue weighted by Gasteiger charge is -1.96. The van der Waals surface area contributed by atoms with Crippen LogP contribution in [-0.4, -0.2) is 8.41 Å². The first-order valence-electron chi connectivity index (χ1n) is 4.52. The fraction of sp³-hybridized carbons (Fsp3) is 0.800. The molecular weight excluding hydrogens is 131 g/mol. The zero-order chi connectivity index (χ0) is 7.66. The number of hydrogen-bond donors (Lipinski definition) is 0. The Kier molecular flexibility index (Phi) is 15.2. The number of rotatable bonds is 7. The van der Waals surface area contributed by atoms with Crippen LogP contribution in [0, 0.1) is 0 Å². The molecule has 0 fully saturated rings. The lowest BCUT2D eigenvalue weighted by atomic mass is 10.1. The smallest absolute Gasteiger partial charge is 0 e. The van der Waals surface area contributed by atoms with Crippen LogP contribution in [0.3, 0.4) is 0 Å². The van der Waals surface area contributed by atoms with E-state index in [0.29, 0.717) is 0 Å². The fourth-order valence-corrected chi connectivity index (χ4v) is 1.07. The van der Waals surface area contributed by atoms with Crippen molar-refractivity contribution in [2.45, 2.75) is 51.9 Å². The molecule has 0 aromatic rings. The van der Waals surface area contributed by atoms with Gasteiger partial charge in [0, 0.05) is 8.41 Å². The molecule has 0 aliphatic carbocycles. The molecule has 1 heteroatoms. The van der Waals surface area contributed by atoms with Crippen molar-refractivity contribution in [2.75, 3.05) is 0 Å². The van der Waals surface area contributed by atoms with Gasteiger partial charge in [0.05, 0.1) is 0 Å². The Morgan fingerprint density at radius 1 is 1.00 bits per heavy atom. The largest absolute Gasteiger partial charge is 0.103 e. The Morgan fingerprint density at radius 2 is 1.55 bits per heavy atom. The van der Waals surface area contributed by atoms with E-state index in [1.807, 2.05) is 6.08 Å². The molecule has 0 N–H and O–H groups in total. The van der Waals surface area contributed by atoms with Gasteiger partial charge in [-0.25, -0.2) is 0 Å². The molecule has 63 valence electrons. The zero-order valence-electron chi connectivity index (χ0n) is 7.81. The van der Waals surface area contributed by atoms with E-state index < -0.39 is 0 Å². The van der Waals surface area contributed by atoms with Gasteiger partial charge in [-0.2, -0.15) is 0 Å². The normalized spacial score (nSPS) is 8.82. The van der Waals surface area contributed by atoms with Crippen molar-refractivity contribution < 1.29 is 0 Å². The standard InChI is InChI=1S/C10H20.B/c1-3-5-7-9-10-8-6-4-2;/h3H,1,4-10H2,2H3;. The monoisotopic (exact) mass is 151 g/mol. The highest BCUT2D eigenvalue weighted by Gasteiger charge is 1.86. The average Bonchev–Trinajstić information content (AvgIpc) is 1.97. The molecule has 0 nitrogen and oxygen atoms in total. The van der Waals surface area contributed by atoms with Gasteiger partial charge in [0.15, 0.2) is 0 Å². The average molecular weight is 151 g/mol. The van der Waals surface area contributed by atoms with Crippen LogP contribution < -0.4 is 0 Å².